The van der Waals surface area contributed by atoms with E-state index in [-0.39, 0.29) is 5.92 Å². The fourth-order valence-corrected chi connectivity index (χ4v) is 2.63. The second kappa shape index (κ2) is 8.24. The van der Waals surface area contributed by atoms with E-state index in [1.165, 1.54) is 25.0 Å². The van der Waals surface area contributed by atoms with Gasteiger partial charge in [0, 0.05) is 5.75 Å². The van der Waals surface area contributed by atoms with Gasteiger partial charge in [-0.15, -0.1) is 0 Å². The highest BCUT2D eigenvalue weighted by atomic mass is 32.2. The maximum Gasteiger partial charge on any atom is 0.0803 e. The van der Waals surface area contributed by atoms with E-state index in [1.807, 2.05) is 42.1 Å². The monoisotopic (exact) mass is 233 g/mol. The predicted octanol–water partition coefficient (Wildman–Crippen LogP) is 4.22. The molecule has 0 bridgehead atoms. The van der Waals surface area contributed by atoms with E-state index in [4.69, 9.17) is 5.26 Å². The van der Waals surface area contributed by atoms with Crippen LogP contribution < -0.4 is 0 Å². The van der Waals surface area contributed by atoms with Crippen molar-refractivity contribution >= 4 is 11.8 Å². The van der Waals surface area contributed by atoms with Crippen LogP contribution in [0.1, 0.15) is 37.7 Å². The number of nitrogens with zero attached hydrogens (tertiary/aromatic N) is 1. The minimum atomic E-state index is 0.0489. The van der Waals surface area contributed by atoms with Gasteiger partial charge in [0.2, 0.25) is 0 Å². The van der Waals surface area contributed by atoms with Crippen molar-refractivity contribution < 1.29 is 0 Å². The van der Waals surface area contributed by atoms with Gasteiger partial charge in [-0.1, -0.05) is 50.1 Å². The second-order valence-electron chi connectivity index (χ2n) is 3.87. The summed E-state index contributed by atoms with van der Waals surface area (Å²) in [5.41, 5.74) is 1.15. The Morgan fingerprint density at radius 3 is 2.62 bits per heavy atom. The Balaban J connectivity index is 2.31. The standard InChI is InChI=1S/C14H19NS/c1-2-3-7-10-16-12-14(11-15)13-8-5-4-6-9-13/h4-6,8-9,14H,2-3,7,10,12H2,1H3. The van der Waals surface area contributed by atoms with Crippen molar-refractivity contribution in [3.63, 3.8) is 0 Å². The van der Waals surface area contributed by atoms with E-state index in [1.54, 1.807) is 0 Å². The van der Waals surface area contributed by atoms with Gasteiger partial charge in [-0.25, -0.2) is 0 Å². The average Bonchev–Trinajstić information content (AvgIpc) is 2.35. The number of thioether (sulfide) groups is 1. The first-order valence-electron chi connectivity index (χ1n) is 5.90. The number of nitriles is 1. The minimum Gasteiger partial charge on any atom is -0.198 e. The van der Waals surface area contributed by atoms with Crippen LogP contribution in [0.5, 0.6) is 0 Å². The summed E-state index contributed by atoms with van der Waals surface area (Å²) < 4.78 is 0. The molecular weight excluding hydrogens is 214 g/mol. The summed E-state index contributed by atoms with van der Waals surface area (Å²) in [4.78, 5) is 0. The molecule has 0 spiro atoms. The summed E-state index contributed by atoms with van der Waals surface area (Å²) in [6.07, 6.45) is 3.84. The van der Waals surface area contributed by atoms with Gasteiger partial charge in [-0.05, 0) is 17.7 Å². The molecule has 0 aliphatic rings. The maximum absolute atomic E-state index is 9.12. The predicted molar refractivity (Wildman–Crippen MR) is 71.6 cm³/mol. The van der Waals surface area contributed by atoms with Gasteiger partial charge in [0.25, 0.3) is 0 Å². The molecular formula is C14H19NS. The molecule has 0 amide bonds. The molecule has 1 aromatic rings. The van der Waals surface area contributed by atoms with Gasteiger partial charge < -0.3 is 0 Å². The fraction of sp³-hybridized carbons (Fsp3) is 0.500. The molecule has 1 atom stereocenters. The highest BCUT2D eigenvalue weighted by Crippen LogP contribution is 2.20. The zero-order chi connectivity index (χ0) is 11.6. The number of unbranched alkanes of at least 4 members (excludes halogenated alkanes) is 2. The third-order valence-electron chi connectivity index (χ3n) is 2.53. The molecule has 1 aromatic carbocycles. The van der Waals surface area contributed by atoms with Crippen LogP contribution in [0.3, 0.4) is 0 Å². The maximum atomic E-state index is 9.12. The molecule has 0 radical (unpaired) electrons. The Bertz CT molecular complexity index is 315. The van der Waals surface area contributed by atoms with Crippen LogP contribution in [0.15, 0.2) is 30.3 Å². The molecule has 0 aliphatic carbocycles. The topological polar surface area (TPSA) is 23.8 Å². The first kappa shape index (κ1) is 13.1. The Morgan fingerprint density at radius 1 is 1.25 bits per heavy atom. The third-order valence-corrected chi connectivity index (χ3v) is 3.68. The molecule has 0 N–H and O–H groups in total. The number of benzene rings is 1. The SMILES string of the molecule is CCCCCSCC(C#N)c1ccccc1. The molecule has 0 aliphatic heterocycles. The van der Waals surface area contributed by atoms with Crippen molar-refractivity contribution in [1.82, 2.24) is 0 Å². The van der Waals surface area contributed by atoms with Gasteiger partial charge in [0.15, 0.2) is 0 Å². The minimum absolute atomic E-state index is 0.0489. The van der Waals surface area contributed by atoms with Crippen LogP contribution >= 0.6 is 11.8 Å². The van der Waals surface area contributed by atoms with Crippen molar-refractivity contribution in [3.8, 4) is 6.07 Å². The molecule has 0 fully saturated rings. The van der Waals surface area contributed by atoms with Crippen LogP contribution in [0.4, 0.5) is 0 Å². The molecule has 1 rings (SSSR count). The van der Waals surface area contributed by atoms with E-state index < -0.39 is 0 Å². The van der Waals surface area contributed by atoms with Crippen LogP contribution in [0.2, 0.25) is 0 Å². The van der Waals surface area contributed by atoms with Crippen LogP contribution in [-0.4, -0.2) is 11.5 Å². The molecule has 0 saturated heterocycles. The summed E-state index contributed by atoms with van der Waals surface area (Å²) in [5, 5.41) is 9.12. The van der Waals surface area contributed by atoms with Crippen LogP contribution in [0.25, 0.3) is 0 Å². The van der Waals surface area contributed by atoms with E-state index >= 15 is 0 Å². The Hall–Kier alpha value is -0.940. The third kappa shape index (κ3) is 4.72. The van der Waals surface area contributed by atoms with Crippen LogP contribution in [-0.2, 0) is 0 Å². The molecule has 0 saturated carbocycles. The lowest BCUT2D eigenvalue weighted by Crippen LogP contribution is -1.99. The van der Waals surface area contributed by atoms with Crippen molar-refractivity contribution in [2.24, 2.45) is 0 Å². The lowest BCUT2D eigenvalue weighted by molar-refractivity contribution is 0.778. The van der Waals surface area contributed by atoms with Crippen molar-refractivity contribution in [2.45, 2.75) is 32.1 Å². The van der Waals surface area contributed by atoms with E-state index in [0.29, 0.717) is 0 Å². The molecule has 1 nitrogen and oxygen atoms in total. The number of rotatable bonds is 7. The summed E-state index contributed by atoms with van der Waals surface area (Å²) in [6, 6.07) is 12.5. The molecule has 2 heteroatoms. The summed E-state index contributed by atoms with van der Waals surface area (Å²) in [5.74, 6) is 2.15. The van der Waals surface area contributed by atoms with E-state index in [9.17, 15) is 0 Å². The van der Waals surface area contributed by atoms with E-state index in [0.717, 1.165) is 11.3 Å². The number of hydrogen-bond donors (Lipinski definition) is 0. The Morgan fingerprint density at radius 2 is 2.00 bits per heavy atom. The first-order chi connectivity index (χ1) is 7.88. The lowest BCUT2D eigenvalue weighted by atomic mass is 10.0. The second-order valence-corrected chi connectivity index (χ2v) is 5.02. The molecule has 1 unspecified atom stereocenters. The largest absolute Gasteiger partial charge is 0.198 e. The summed E-state index contributed by atoms with van der Waals surface area (Å²) >= 11 is 1.90. The van der Waals surface area contributed by atoms with Crippen molar-refractivity contribution in [2.75, 3.05) is 11.5 Å². The Labute approximate surface area is 103 Å². The van der Waals surface area contributed by atoms with Crippen molar-refractivity contribution in [3.05, 3.63) is 35.9 Å². The molecule has 0 heterocycles. The van der Waals surface area contributed by atoms with Crippen molar-refractivity contribution in [1.29, 1.82) is 5.26 Å². The van der Waals surface area contributed by atoms with Gasteiger partial charge in [-0.2, -0.15) is 17.0 Å². The first-order valence-corrected chi connectivity index (χ1v) is 7.06. The smallest absolute Gasteiger partial charge is 0.0803 e. The molecule has 0 aromatic heterocycles. The lowest BCUT2D eigenvalue weighted by Gasteiger charge is -2.08. The zero-order valence-corrected chi connectivity index (χ0v) is 10.7. The van der Waals surface area contributed by atoms with E-state index in [2.05, 4.69) is 13.0 Å². The van der Waals surface area contributed by atoms with Gasteiger partial charge in [0.1, 0.15) is 0 Å². The van der Waals surface area contributed by atoms with Gasteiger partial charge >= 0.3 is 0 Å². The van der Waals surface area contributed by atoms with Gasteiger partial charge in [-0.3, -0.25) is 0 Å². The highest BCUT2D eigenvalue weighted by Gasteiger charge is 2.09. The zero-order valence-electron chi connectivity index (χ0n) is 9.86. The van der Waals surface area contributed by atoms with Crippen LogP contribution in [0, 0.1) is 11.3 Å². The molecule has 16 heavy (non-hydrogen) atoms. The fourth-order valence-electron chi connectivity index (χ4n) is 1.55. The normalized spacial score (nSPS) is 12.0. The average molecular weight is 233 g/mol. The van der Waals surface area contributed by atoms with Gasteiger partial charge in [0.05, 0.1) is 12.0 Å². The Kier molecular flexibility index (Phi) is 6.76. The number of hydrogen-bond acceptors (Lipinski definition) is 2. The highest BCUT2D eigenvalue weighted by molar-refractivity contribution is 7.99. The quantitative estimate of drug-likeness (QED) is 0.658. The summed E-state index contributed by atoms with van der Waals surface area (Å²) in [7, 11) is 0. The molecule has 86 valence electrons. The summed E-state index contributed by atoms with van der Waals surface area (Å²) in [6.45, 7) is 2.21.